The van der Waals surface area contributed by atoms with Crippen LogP contribution >= 0.6 is 0 Å². The van der Waals surface area contributed by atoms with Gasteiger partial charge in [-0.3, -0.25) is 4.79 Å². The second kappa shape index (κ2) is 12.1. The molecule has 6 heteroatoms. The Hall–Kier alpha value is -3.02. The zero-order valence-electron chi connectivity index (χ0n) is 19.9. The van der Waals surface area contributed by atoms with E-state index in [0.29, 0.717) is 29.7 Å². The lowest BCUT2D eigenvalue weighted by molar-refractivity contribution is 0.0777. The van der Waals surface area contributed by atoms with Gasteiger partial charge in [0.1, 0.15) is 23.5 Å². The van der Waals surface area contributed by atoms with Crippen LogP contribution in [-0.2, 0) is 19.4 Å². The van der Waals surface area contributed by atoms with Crippen LogP contribution in [0, 0.1) is 0 Å². The fourth-order valence-corrected chi connectivity index (χ4v) is 3.54. The molecule has 1 heterocycles. The average Bonchev–Trinajstić information content (AvgIpc) is 3.24. The van der Waals surface area contributed by atoms with E-state index >= 15 is 0 Å². The van der Waals surface area contributed by atoms with Gasteiger partial charge in [-0.05, 0) is 64.5 Å². The largest absolute Gasteiger partial charge is 0.508 e. The zero-order chi connectivity index (χ0) is 23.7. The van der Waals surface area contributed by atoms with Gasteiger partial charge < -0.3 is 19.6 Å². The van der Waals surface area contributed by atoms with Gasteiger partial charge in [0, 0.05) is 18.7 Å². The molecule has 32 heavy (non-hydrogen) atoms. The molecule has 0 radical (unpaired) electrons. The van der Waals surface area contributed by atoms with Crippen molar-refractivity contribution < 1.29 is 19.5 Å². The summed E-state index contributed by atoms with van der Waals surface area (Å²) >= 11 is 0. The second-order valence-electron chi connectivity index (χ2n) is 8.59. The highest BCUT2D eigenvalue weighted by atomic mass is 16.5. The summed E-state index contributed by atoms with van der Waals surface area (Å²) in [4.78, 5) is 14.8. The monoisotopic (exact) mass is 440 g/mol. The third-order valence-electron chi connectivity index (χ3n) is 5.46. The summed E-state index contributed by atoms with van der Waals surface area (Å²) in [6, 6.07) is 3.33. The smallest absolute Gasteiger partial charge is 0.258 e. The van der Waals surface area contributed by atoms with Crippen molar-refractivity contribution in [3.05, 3.63) is 64.1 Å². The summed E-state index contributed by atoms with van der Waals surface area (Å²) in [5.74, 6) is -0.416. The standard InChI is InChI=1S/C26H36N2O4/c1-6-7-11-20-16-23(29)22(13-12-19(4)10-8-9-18(2)3)25(30)24(20)26(31)28(5)17-21-14-15-32-27-21/h9,12,14-16,29-30H,6-8,10-11,13,17H2,1-5H3/b19-12+. The molecule has 2 N–H and O–H groups in total. The van der Waals surface area contributed by atoms with Crippen LogP contribution in [0.1, 0.15) is 80.6 Å². The Morgan fingerprint density at radius 2 is 1.97 bits per heavy atom. The van der Waals surface area contributed by atoms with Crippen molar-refractivity contribution in [3.8, 4) is 11.5 Å². The fourth-order valence-electron chi connectivity index (χ4n) is 3.54. The fraction of sp³-hybridized carbons (Fsp3) is 0.462. The number of nitrogens with zero attached hydrogens (tertiary/aromatic N) is 2. The molecule has 0 bridgehead atoms. The van der Waals surface area contributed by atoms with Gasteiger partial charge in [-0.1, -0.05) is 41.8 Å². The molecule has 2 aromatic rings. The number of aromatic hydroxyl groups is 2. The van der Waals surface area contributed by atoms with Crippen LogP contribution in [0.3, 0.4) is 0 Å². The lowest BCUT2D eigenvalue weighted by atomic mass is 9.94. The van der Waals surface area contributed by atoms with E-state index in [0.717, 1.165) is 25.7 Å². The van der Waals surface area contributed by atoms with E-state index in [1.165, 1.54) is 22.3 Å². The summed E-state index contributed by atoms with van der Waals surface area (Å²) in [6.07, 6.45) is 10.3. The number of phenols is 2. The highest BCUT2D eigenvalue weighted by molar-refractivity contribution is 5.99. The van der Waals surface area contributed by atoms with Gasteiger partial charge in [-0.2, -0.15) is 0 Å². The van der Waals surface area contributed by atoms with Gasteiger partial charge in [0.05, 0.1) is 12.1 Å². The molecule has 1 aromatic carbocycles. The Morgan fingerprint density at radius 3 is 2.59 bits per heavy atom. The SMILES string of the molecule is CCCCc1cc(O)c(C/C=C(\C)CCC=C(C)C)c(O)c1C(=O)N(C)Cc1ccon1. The molecule has 1 amide bonds. The molecule has 0 fully saturated rings. The van der Waals surface area contributed by atoms with Crippen molar-refractivity contribution >= 4 is 5.91 Å². The van der Waals surface area contributed by atoms with Crippen molar-refractivity contribution in [2.75, 3.05) is 7.05 Å². The normalized spacial score (nSPS) is 11.5. The van der Waals surface area contributed by atoms with Crippen molar-refractivity contribution in [1.82, 2.24) is 10.1 Å². The maximum absolute atomic E-state index is 13.3. The topological polar surface area (TPSA) is 86.8 Å². The van der Waals surface area contributed by atoms with Gasteiger partial charge in [0.2, 0.25) is 0 Å². The number of carbonyl (C=O) groups is 1. The average molecular weight is 441 g/mol. The first-order chi connectivity index (χ1) is 15.2. The van der Waals surface area contributed by atoms with Crippen molar-refractivity contribution in [3.63, 3.8) is 0 Å². The van der Waals surface area contributed by atoms with Crippen molar-refractivity contribution in [2.45, 2.75) is 72.8 Å². The number of benzene rings is 1. The molecule has 0 saturated carbocycles. The first kappa shape index (κ1) is 25.2. The molecule has 0 aliphatic heterocycles. The number of hydrogen-bond acceptors (Lipinski definition) is 5. The highest BCUT2D eigenvalue weighted by Crippen LogP contribution is 2.36. The minimum Gasteiger partial charge on any atom is -0.508 e. The third-order valence-corrected chi connectivity index (χ3v) is 5.46. The van der Waals surface area contributed by atoms with E-state index in [2.05, 4.69) is 32.0 Å². The maximum atomic E-state index is 13.3. The van der Waals surface area contributed by atoms with Crippen LogP contribution in [0.4, 0.5) is 0 Å². The molecule has 1 aromatic heterocycles. The van der Waals surface area contributed by atoms with E-state index in [9.17, 15) is 15.0 Å². The molecule has 174 valence electrons. The Bertz CT molecular complexity index is 955. The maximum Gasteiger partial charge on any atom is 0.258 e. The van der Waals surface area contributed by atoms with Crippen LogP contribution < -0.4 is 0 Å². The second-order valence-corrected chi connectivity index (χ2v) is 8.59. The molecule has 0 saturated heterocycles. The van der Waals surface area contributed by atoms with Gasteiger partial charge in [0.25, 0.3) is 5.91 Å². The number of amides is 1. The summed E-state index contributed by atoms with van der Waals surface area (Å²) < 4.78 is 4.85. The molecular weight excluding hydrogens is 404 g/mol. The first-order valence-corrected chi connectivity index (χ1v) is 11.2. The van der Waals surface area contributed by atoms with Crippen LogP contribution in [0.15, 0.2) is 46.2 Å². The summed E-state index contributed by atoms with van der Waals surface area (Å²) in [7, 11) is 1.67. The summed E-state index contributed by atoms with van der Waals surface area (Å²) in [5, 5.41) is 25.6. The third kappa shape index (κ3) is 7.01. The molecule has 0 aliphatic rings. The number of carbonyl (C=O) groups excluding carboxylic acids is 1. The molecular formula is C26H36N2O4. The number of phenolic OH excluding ortho intramolecular Hbond substituents is 2. The minimum atomic E-state index is -0.304. The lowest BCUT2D eigenvalue weighted by Crippen LogP contribution is -2.27. The van der Waals surface area contributed by atoms with Crippen molar-refractivity contribution in [2.24, 2.45) is 0 Å². The Morgan fingerprint density at radius 1 is 1.22 bits per heavy atom. The molecule has 6 nitrogen and oxygen atoms in total. The Kier molecular flexibility index (Phi) is 9.57. The molecule has 0 spiro atoms. The summed E-state index contributed by atoms with van der Waals surface area (Å²) in [6.45, 7) is 8.53. The van der Waals surface area contributed by atoms with E-state index in [1.807, 2.05) is 13.0 Å². The van der Waals surface area contributed by atoms with E-state index in [1.54, 1.807) is 19.2 Å². The van der Waals surface area contributed by atoms with Crippen LogP contribution in [0.2, 0.25) is 0 Å². The molecule has 0 atom stereocenters. The van der Waals surface area contributed by atoms with Crippen molar-refractivity contribution in [1.29, 1.82) is 0 Å². The predicted octanol–water partition coefficient (Wildman–Crippen LogP) is 5.94. The molecule has 0 aliphatic carbocycles. The lowest BCUT2D eigenvalue weighted by Gasteiger charge is -2.21. The number of rotatable bonds is 11. The zero-order valence-corrected chi connectivity index (χ0v) is 19.9. The van der Waals surface area contributed by atoms with Gasteiger partial charge in [-0.15, -0.1) is 0 Å². The first-order valence-electron chi connectivity index (χ1n) is 11.2. The number of aromatic nitrogens is 1. The number of unbranched alkanes of at least 4 members (excludes halogenated alkanes) is 1. The predicted molar refractivity (Wildman–Crippen MR) is 127 cm³/mol. The van der Waals surface area contributed by atoms with Crippen LogP contribution in [0.5, 0.6) is 11.5 Å². The van der Waals surface area contributed by atoms with E-state index in [-0.39, 0.29) is 29.5 Å². The highest BCUT2D eigenvalue weighted by Gasteiger charge is 2.25. The minimum absolute atomic E-state index is 0.0256. The Balaban J connectivity index is 2.33. The van der Waals surface area contributed by atoms with Crippen LogP contribution in [0.25, 0.3) is 0 Å². The summed E-state index contributed by atoms with van der Waals surface area (Å²) in [5.41, 5.74) is 4.38. The van der Waals surface area contributed by atoms with E-state index in [4.69, 9.17) is 4.52 Å². The van der Waals surface area contributed by atoms with E-state index < -0.39 is 0 Å². The number of aryl methyl sites for hydroxylation is 1. The van der Waals surface area contributed by atoms with Crippen LogP contribution in [-0.4, -0.2) is 33.2 Å². The number of hydrogen-bond donors (Lipinski definition) is 2. The number of allylic oxidation sites excluding steroid dienone is 4. The molecule has 0 unspecified atom stereocenters. The Labute approximate surface area is 191 Å². The van der Waals surface area contributed by atoms with Gasteiger partial charge >= 0.3 is 0 Å². The quantitative estimate of drug-likeness (QED) is 0.423. The molecule has 2 rings (SSSR count). The van der Waals surface area contributed by atoms with Gasteiger partial charge in [-0.25, -0.2) is 0 Å². The van der Waals surface area contributed by atoms with Gasteiger partial charge in [0.15, 0.2) is 0 Å².